The molecule has 2 heterocycles. The molecule has 1 N–H and O–H groups in total. The summed E-state index contributed by atoms with van der Waals surface area (Å²) in [5.41, 5.74) is 1.64. The first-order chi connectivity index (χ1) is 12.0. The number of carbonyl (C=O) groups is 1. The van der Waals surface area contributed by atoms with E-state index in [-0.39, 0.29) is 10.9 Å². The summed E-state index contributed by atoms with van der Waals surface area (Å²) in [5, 5.41) is 23.5. The van der Waals surface area contributed by atoms with Crippen LogP contribution in [0.5, 0.6) is 0 Å². The molecular formula is C17H15N3O3S2. The lowest BCUT2D eigenvalue weighted by atomic mass is 9.89. The first kappa shape index (κ1) is 17.3. The smallest absolute Gasteiger partial charge is 0.313 e. The second-order valence-electron chi connectivity index (χ2n) is 5.92. The van der Waals surface area contributed by atoms with Gasteiger partial charge in [-0.3, -0.25) is 14.9 Å². The summed E-state index contributed by atoms with van der Waals surface area (Å²) < 4.78 is 0. The minimum atomic E-state index is -0.460. The fourth-order valence-corrected chi connectivity index (χ4v) is 4.89. The molecule has 1 aliphatic carbocycles. The standard InChI is InChI=1S/C17H15N3O3S2/c1-10-2-5-12-13(9-18)17(25-14(12)8-10)19-15(21)6-3-11-4-7-16(24-11)20(22)23/h3-4,6-7,10H,2,5,8H2,1H3,(H,19,21)/b6-3+/t10-/m0/s1. The summed E-state index contributed by atoms with van der Waals surface area (Å²) in [4.78, 5) is 24.2. The number of hydrogen-bond acceptors (Lipinski definition) is 6. The second-order valence-corrected chi connectivity index (χ2v) is 8.12. The van der Waals surface area contributed by atoms with Gasteiger partial charge in [-0.15, -0.1) is 11.3 Å². The zero-order valence-corrected chi connectivity index (χ0v) is 15.1. The lowest BCUT2D eigenvalue weighted by Crippen LogP contribution is -2.10. The minimum absolute atomic E-state index is 0.0341. The van der Waals surface area contributed by atoms with Crippen LogP contribution in [0.1, 0.15) is 34.2 Å². The van der Waals surface area contributed by atoms with Crippen molar-refractivity contribution in [2.24, 2.45) is 5.92 Å². The molecular weight excluding hydrogens is 358 g/mol. The van der Waals surface area contributed by atoms with Crippen molar-refractivity contribution < 1.29 is 9.72 Å². The molecule has 2 aromatic heterocycles. The van der Waals surface area contributed by atoms with Crippen LogP contribution in [0.2, 0.25) is 0 Å². The molecule has 0 bridgehead atoms. The van der Waals surface area contributed by atoms with Crippen LogP contribution < -0.4 is 5.32 Å². The van der Waals surface area contributed by atoms with E-state index in [0.717, 1.165) is 36.2 Å². The molecule has 0 saturated carbocycles. The van der Waals surface area contributed by atoms with Crippen LogP contribution in [0.15, 0.2) is 18.2 Å². The van der Waals surface area contributed by atoms with Crippen molar-refractivity contribution in [1.82, 2.24) is 0 Å². The van der Waals surface area contributed by atoms with Crippen LogP contribution in [-0.2, 0) is 17.6 Å². The average Bonchev–Trinajstić information content (AvgIpc) is 3.16. The Morgan fingerprint density at radius 3 is 2.96 bits per heavy atom. The third kappa shape index (κ3) is 3.78. The Kier molecular flexibility index (Phi) is 4.97. The number of nitrogens with one attached hydrogen (secondary N) is 1. The third-order valence-corrected chi connectivity index (χ3v) is 6.22. The maximum atomic E-state index is 12.1. The van der Waals surface area contributed by atoms with Gasteiger partial charge in [-0.25, -0.2) is 0 Å². The molecule has 1 amide bonds. The molecule has 25 heavy (non-hydrogen) atoms. The molecule has 0 unspecified atom stereocenters. The normalized spacial score (nSPS) is 16.4. The van der Waals surface area contributed by atoms with Crippen LogP contribution in [-0.4, -0.2) is 10.8 Å². The summed E-state index contributed by atoms with van der Waals surface area (Å²) >= 11 is 2.48. The summed E-state index contributed by atoms with van der Waals surface area (Å²) in [5.74, 6) is 0.245. The average molecular weight is 373 g/mol. The van der Waals surface area contributed by atoms with Gasteiger partial charge in [0.2, 0.25) is 5.91 Å². The van der Waals surface area contributed by atoms with Gasteiger partial charge < -0.3 is 5.32 Å². The van der Waals surface area contributed by atoms with Crippen molar-refractivity contribution >= 4 is 44.7 Å². The van der Waals surface area contributed by atoms with Crippen LogP contribution in [0, 0.1) is 27.4 Å². The fraction of sp³-hybridized carbons (Fsp3) is 0.294. The van der Waals surface area contributed by atoms with Gasteiger partial charge in [0.15, 0.2) is 0 Å². The van der Waals surface area contributed by atoms with Gasteiger partial charge in [-0.1, -0.05) is 18.3 Å². The molecule has 0 saturated heterocycles. The highest BCUT2D eigenvalue weighted by Crippen LogP contribution is 2.39. The van der Waals surface area contributed by atoms with E-state index in [1.165, 1.54) is 34.4 Å². The molecule has 0 spiro atoms. The van der Waals surface area contributed by atoms with Crippen molar-refractivity contribution in [1.29, 1.82) is 5.26 Å². The monoisotopic (exact) mass is 373 g/mol. The lowest BCUT2D eigenvalue weighted by Gasteiger charge is -2.17. The van der Waals surface area contributed by atoms with Crippen LogP contribution in [0.25, 0.3) is 6.08 Å². The van der Waals surface area contributed by atoms with Crippen molar-refractivity contribution in [2.75, 3.05) is 5.32 Å². The number of amides is 1. The van der Waals surface area contributed by atoms with Gasteiger partial charge in [0, 0.05) is 21.9 Å². The molecule has 3 rings (SSSR count). The number of thiophene rings is 2. The van der Waals surface area contributed by atoms with Gasteiger partial charge in [0.25, 0.3) is 0 Å². The largest absolute Gasteiger partial charge is 0.324 e. The molecule has 0 aliphatic heterocycles. The Balaban J connectivity index is 1.73. The zero-order chi connectivity index (χ0) is 18.0. The second kappa shape index (κ2) is 7.17. The Bertz CT molecular complexity index is 905. The number of hydrogen-bond donors (Lipinski definition) is 1. The highest BCUT2D eigenvalue weighted by atomic mass is 32.1. The van der Waals surface area contributed by atoms with Crippen LogP contribution >= 0.6 is 22.7 Å². The molecule has 128 valence electrons. The van der Waals surface area contributed by atoms with E-state index in [1.807, 2.05) is 0 Å². The number of nitrogens with zero attached hydrogens (tertiary/aromatic N) is 2. The van der Waals surface area contributed by atoms with Crippen molar-refractivity contribution in [3.05, 3.63) is 49.2 Å². The summed E-state index contributed by atoms with van der Waals surface area (Å²) in [6, 6.07) is 5.22. The first-order valence-electron chi connectivity index (χ1n) is 7.76. The fourth-order valence-electron chi connectivity index (χ4n) is 2.80. The van der Waals surface area contributed by atoms with E-state index in [1.54, 1.807) is 6.07 Å². The Hall–Kier alpha value is -2.50. The van der Waals surface area contributed by atoms with E-state index in [2.05, 4.69) is 18.3 Å². The first-order valence-corrected chi connectivity index (χ1v) is 9.39. The maximum absolute atomic E-state index is 12.1. The number of fused-ring (bicyclic) bond motifs is 1. The Morgan fingerprint density at radius 2 is 2.28 bits per heavy atom. The molecule has 2 aromatic rings. The van der Waals surface area contributed by atoms with Gasteiger partial charge in [-0.05, 0) is 42.9 Å². The van der Waals surface area contributed by atoms with E-state index < -0.39 is 4.92 Å². The Morgan fingerprint density at radius 1 is 1.48 bits per heavy atom. The van der Waals surface area contributed by atoms with Crippen molar-refractivity contribution in [2.45, 2.75) is 26.2 Å². The predicted molar refractivity (Wildman–Crippen MR) is 98.9 cm³/mol. The molecule has 1 atom stereocenters. The van der Waals surface area contributed by atoms with Gasteiger partial charge >= 0.3 is 5.00 Å². The lowest BCUT2D eigenvalue weighted by molar-refractivity contribution is -0.380. The summed E-state index contributed by atoms with van der Waals surface area (Å²) in [6.07, 6.45) is 5.75. The van der Waals surface area contributed by atoms with Gasteiger partial charge in [0.1, 0.15) is 11.1 Å². The highest BCUT2D eigenvalue weighted by Gasteiger charge is 2.24. The quantitative estimate of drug-likeness (QED) is 0.489. The van der Waals surface area contributed by atoms with Gasteiger partial charge in [0.05, 0.1) is 10.5 Å². The van der Waals surface area contributed by atoms with E-state index >= 15 is 0 Å². The zero-order valence-electron chi connectivity index (χ0n) is 13.4. The predicted octanol–water partition coefficient (Wildman–Crippen LogP) is 4.37. The van der Waals surface area contributed by atoms with Gasteiger partial charge in [-0.2, -0.15) is 5.26 Å². The van der Waals surface area contributed by atoms with E-state index in [9.17, 15) is 20.2 Å². The Labute approximate surface area is 152 Å². The highest BCUT2D eigenvalue weighted by molar-refractivity contribution is 7.17. The number of rotatable bonds is 4. The molecule has 0 aromatic carbocycles. The summed E-state index contributed by atoms with van der Waals surface area (Å²) in [6.45, 7) is 2.19. The maximum Gasteiger partial charge on any atom is 0.324 e. The molecule has 1 aliphatic rings. The minimum Gasteiger partial charge on any atom is -0.313 e. The number of nitriles is 1. The van der Waals surface area contributed by atoms with E-state index in [0.29, 0.717) is 21.4 Å². The number of nitro groups is 1. The summed E-state index contributed by atoms with van der Waals surface area (Å²) in [7, 11) is 0. The van der Waals surface area contributed by atoms with E-state index in [4.69, 9.17) is 0 Å². The molecule has 8 heteroatoms. The molecule has 0 radical (unpaired) electrons. The third-order valence-electron chi connectivity index (χ3n) is 4.05. The molecule has 0 fully saturated rings. The number of carbonyl (C=O) groups excluding carboxylic acids is 1. The molecule has 6 nitrogen and oxygen atoms in total. The number of anilines is 1. The van der Waals surface area contributed by atoms with Crippen molar-refractivity contribution in [3.8, 4) is 6.07 Å². The van der Waals surface area contributed by atoms with Crippen LogP contribution in [0.4, 0.5) is 10.0 Å². The topological polar surface area (TPSA) is 96.0 Å². The van der Waals surface area contributed by atoms with Crippen LogP contribution in [0.3, 0.4) is 0 Å². The van der Waals surface area contributed by atoms with Crippen molar-refractivity contribution in [3.63, 3.8) is 0 Å². The SMILES string of the molecule is C[C@H]1CCc2c(sc(NC(=O)/C=C/c3ccc([N+](=O)[O-])s3)c2C#N)C1.